The van der Waals surface area contributed by atoms with Crippen molar-refractivity contribution in [1.29, 1.82) is 0 Å². The van der Waals surface area contributed by atoms with Gasteiger partial charge >= 0.3 is 6.03 Å². The highest BCUT2D eigenvalue weighted by atomic mass is 16.5. The van der Waals surface area contributed by atoms with E-state index in [2.05, 4.69) is 5.32 Å². The van der Waals surface area contributed by atoms with Gasteiger partial charge in [0.2, 0.25) is 0 Å². The molecule has 120 valence electrons. The van der Waals surface area contributed by atoms with Crippen LogP contribution in [0, 0.1) is 17.8 Å². The highest BCUT2D eigenvalue weighted by Crippen LogP contribution is 2.55. The zero-order chi connectivity index (χ0) is 15.0. The van der Waals surface area contributed by atoms with Crippen molar-refractivity contribution in [3.05, 3.63) is 0 Å². The van der Waals surface area contributed by atoms with Gasteiger partial charge in [-0.1, -0.05) is 0 Å². The van der Waals surface area contributed by atoms with E-state index in [1.165, 1.54) is 38.5 Å². The Balaban J connectivity index is 1.57. The molecule has 0 aromatic carbocycles. The van der Waals surface area contributed by atoms with Gasteiger partial charge in [0.25, 0.3) is 0 Å². The lowest BCUT2D eigenvalue weighted by atomic mass is 9.53. The lowest BCUT2D eigenvalue weighted by molar-refractivity contribution is -0.0154. The molecule has 0 aliphatic heterocycles. The summed E-state index contributed by atoms with van der Waals surface area (Å²) in [4.78, 5) is 14.2. The van der Waals surface area contributed by atoms with Crippen molar-refractivity contribution in [3.63, 3.8) is 0 Å². The molecule has 21 heavy (non-hydrogen) atoms. The number of amides is 2. The second-order valence-corrected chi connectivity index (χ2v) is 7.72. The number of methoxy groups -OCH3 is 1. The summed E-state index contributed by atoms with van der Waals surface area (Å²) < 4.78 is 5.03. The quantitative estimate of drug-likeness (QED) is 0.809. The van der Waals surface area contributed by atoms with Crippen molar-refractivity contribution in [2.24, 2.45) is 23.5 Å². The zero-order valence-corrected chi connectivity index (χ0v) is 13.3. The summed E-state index contributed by atoms with van der Waals surface area (Å²) in [7, 11) is 3.46. The maximum atomic E-state index is 12.5. The molecule has 4 aliphatic rings. The number of likely N-dealkylation sites (N-methyl/N-ethyl adjacent to an activating group) is 1. The lowest BCUT2D eigenvalue weighted by Gasteiger charge is -2.57. The zero-order valence-electron chi connectivity index (χ0n) is 13.3. The first-order chi connectivity index (χ1) is 9.99. The Kier molecular flexibility index (Phi) is 4.14. The Hall–Kier alpha value is -0.810. The van der Waals surface area contributed by atoms with Crippen LogP contribution in [0.1, 0.15) is 38.5 Å². The van der Waals surface area contributed by atoms with E-state index in [1.54, 1.807) is 12.0 Å². The number of ether oxygens (including phenoxy) is 1. The van der Waals surface area contributed by atoms with Crippen LogP contribution in [0.3, 0.4) is 0 Å². The third-order valence-electron chi connectivity index (χ3n) is 5.65. The van der Waals surface area contributed by atoms with Crippen LogP contribution in [0.2, 0.25) is 0 Å². The molecule has 4 aliphatic carbocycles. The molecule has 5 nitrogen and oxygen atoms in total. The fraction of sp³-hybridized carbons (Fsp3) is 0.938. The van der Waals surface area contributed by atoms with Gasteiger partial charge in [0, 0.05) is 32.3 Å². The molecule has 1 atom stereocenters. The van der Waals surface area contributed by atoms with Gasteiger partial charge in [0.1, 0.15) is 0 Å². The second kappa shape index (κ2) is 5.76. The number of hydrogen-bond acceptors (Lipinski definition) is 3. The Labute approximate surface area is 127 Å². The Bertz CT molecular complexity index is 364. The number of nitrogens with two attached hydrogens (primary N) is 1. The van der Waals surface area contributed by atoms with Crippen LogP contribution in [-0.4, -0.2) is 49.8 Å². The largest absolute Gasteiger partial charge is 0.383 e. The number of hydrogen-bond donors (Lipinski definition) is 2. The molecule has 4 saturated carbocycles. The standard InChI is InChI=1S/C16H29N3O2/c1-19(9-14(17)10-21-2)15(20)18-16-6-11-3-12(7-16)5-13(4-11)8-16/h11-14H,3-10,17H2,1-2H3,(H,18,20). The summed E-state index contributed by atoms with van der Waals surface area (Å²) in [5.41, 5.74) is 6.01. The van der Waals surface area contributed by atoms with E-state index in [0.717, 1.165) is 17.8 Å². The smallest absolute Gasteiger partial charge is 0.317 e. The van der Waals surface area contributed by atoms with Crippen LogP contribution in [0.5, 0.6) is 0 Å². The molecular formula is C16H29N3O2. The number of rotatable bonds is 5. The molecule has 4 rings (SSSR count). The predicted molar refractivity (Wildman–Crippen MR) is 81.9 cm³/mol. The van der Waals surface area contributed by atoms with Crippen LogP contribution in [-0.2, 0) is 4.74 Å². The van der Waals surface area contributed by atoms with E-state index in [-0.39, 0.29) is 17.6 Å². The number of urea groups is 1. The van der Waals surface area contributed by atoms with Gasteiger partial charge < -0.3 is 20.7 Å². The number of nitrogens with one attached hydrogen (secondary N) is 1. The van der Waals surface area contributed by atoms with E-state index in [0.29, 0.717) is 13.2 Å². The van der Waals surface area contributed by atoms with Crippen molar-refractivity contribution in [2.75, 3.05) is 27.3 Å². The van der Waals surface area contributed by atoms with Crippen molar-refractivity contribution in [3.8, 4) is 0 Å². The van der Waals surface area contributed by atoms with E-state index in [1.807, 2.05) is 7.05 Å². The molecule has 0 spiro atoms. The van der Waals surface area contributed by atoms with Crippen molar-refractivity contribution >= 4 is 6.03 Å². The van der Waals surface area contributed by atoms with Gasteiger partial charge in [-0.15, -0.1) is 0 Å². The highest BCUT2D eigenvalue weighted by Gasteiger charge is 2.51. The Morgan fingerprint density at radius 1 is 1.29 bits per heavy atom. The summed E-state index contributed by atoms with van der Waals surface area (Å²) >= 11 is 0. The molecule has 0 aromatic rings. The monoisotopic (exact) mass is 295 g/mol. The first-order valence-electron chi connectivity index (χ1n) is 8.27. The molecule has 4 bridgehead atoms. The lowest BCUT2D eigenvalue weighted by Crippen LogP contribution is -2.62. The van der Waals surface area contributed by atoms with Crippen molar-refractivity contribution in [1.82, 2.24) is 10.2 Å². The first-order valence-corrected chi connectivity index (χ1v) is 8.27. The second-order valence-electron chi connectivity index (χ2n) is 7.72. The average molecular weight is 295 g/mol. The Morgan fingerprint density at radius 2 is 1.81 bits per heavy atom. The van der Waals surface area contributed by atoms with Gasteiger partial charge in [-0.05, 0) is 56.3 Å². The molecule has 0 saturated heterocycles. The molecule has 3 N–H and O–H groups in total. The van der Waals surface area contributed by atoms with Crippen LogP contribution < -0.4 is 11.1 Å². The first kappa shape index (κ1) is 15.1. The van der Waals surface area contributed by atoms with E-state index >= 15 is 0 Å². The van der Waals surface area contributed by atoms with E-state index in [9.17, 15) is 4.79 Å². The molecular weight excluding hydrogens is 266 g/mol. The van der Waals surface area contributed by atoms with Gasteiger partial charge in [-0.25, -0.2) is 4.79 Å². The summed E-state index contributed by atoms with van der Waals surface area (Å²) in [5.74, 6) is 2.54. The summed E-state index contributed by atoms with van der Waals surface area (Å²) in [6, 6.07) is -0.0920. The number of carbonyl (C=O) groups excluding carboxylic acids is 1. The minimum absolute atomic E-state index is 0.0310. The third-order valence-corrected chi connectivity index (χ3v) is 5.65. The maximum absolute atomic E-state index is 12.5. The molecule has 0 aromatic heterocycles. The fourth-order valence-electron chi connectivity index (χ4n) is 5.29. The SMILES string of the molecule is COCC(N)CN(C)C(=O)NC12CC3CC(CC(C3)C1)C2. The molecule has 0 radical (unpaired) electrons. The molecule has 4 fully saturated rings. The van der Waals surface area contributed by atoms with Crippen molar-refractivity contribution in [2.45, 2.75) is 50.1 Å². The third kappa shape index (κ3) is 3.19. The maximum Gasteiger partial charge on any atom is 0.317 e. The van der Waals surface area contributed by atoms with Crippen LogP contribution in [0.25, 0.3) is 0 Å². The van der Waals surface area contributed by atoms with Crippen LogP contribution >= 0.6 is 0 Å². The Morgan fingerprint density at radius 3 is 2.29 bits per heavy atom. The highest BCUT2D eigenvalue weighted by molar-refractivity contribution is 5.75. The van der Waals surface area contributed by atoms with E-state index < -0.39 is 0 Å². The van der Waals surface area contributed by atoms with E-state index in [4.69, 9.17) is 10.5 Å². The molecule has 2 amide bonds. The minimum atomic E-state index is -0.123. The predicted octanol–water partition coefficient (Wildman–Crippen LogP) is 1.57. The fourth-order valence-corrected chi connectivity index (χ4v) is 5.29. The van der Waals surface area contributed by atoms with Crippen LogP contribution in [0.15, 0.2) is 0 Å². The molecule has 5 heteroatoms. The molecule has 1 unspecified atom stereocenters. The minimum Gasteiger partial charge on any atom is -0.383 e. The van der Waals surface area contributed by atoms with Gasteiger partial charge in [-0.2, -0.15) is 0 Å². The van der Waals surface area contributed by atoms with Gasteiger partial charge in [0.15, 0.2) is 0 Å². The number of nitrogens with zero attached hydrogens (tertiary/aromatic N) is 1. The molecule has 0 heterocycles. The average Bonchev–Trinajstić information content (AvgIpc) is 2.36. The topological polar surface area (TPSA) is 67.6 Å². The summed E-state index contributed by atoms with van der Waals surface area (Å²) in [6.45, 7) is 1.01. The summed E-state index contributed by atoms with van der Waals surface area (Å²) in [6.07, 6.45) is 7.73. The summed E-state index contributed by atoms with van der Waals surface area (Å²) in [5, 5.41) is 3.36. The number of carbonyl (C=O) groups is 1. The van der Waals surface area contributed by atoms with Crippen LogP contribution in [0.4, 0.5) is 4.79 Å². The van der Waals surface area contributed by atoms with Crippen molar-refractivity contribution < 1.29 is 9.53 Å². The normalized spacial score (nSPS) is 38.3. The van der Waals surface area contributed by atoms with Gasteiger partial charge in [-0.3, -0.25) is 0 Å². The van der Waals surface area contributed by atoms with Gasteiger partial charge in [0.05, 0.1) is 6.61 Å².